The molecular formula is C4H5NO2. The van der Waals surface area contributed by atoms with E-state index in [2.05, 4.69) is 0 Å². The first kappa shape index (κ1) is 4.05. The normalized spacial score (nSPS) is 9.14. The smallest absolute Gasteiger partial charge is 0.136 e. The average molecular weight is 99.1 g/mol. The molecule has 3 heteroatoms. The van der Waals surface area contributed by atoms with Gasteiger partial charge in [0.05, 0.1) is 6.20 Å². The second-order valence-corrected chi connectivity index (χ2v) is 1.25. The van der Waals surface area contributed by atoms with Crippen molar-refractivity contribution in [2.45, 2.75) is 0 Å². The average Bonchev–Trinajstić information content (AvgIpc) is 1.87. The molecule has 38 valence electrons. The summed E-state index contributed by atoms with van der Waals surface area (Å²) < 4.78 is 0.787. The van der Waals surface area contributed by atoms with Gasteiger partial charge in [0, 0.05) is 12.3 Å². The molecule has 1 aromatic rings. The number of hydrogen-bond acceptors (Lipinski definition) is 2. The summed E-state index contributed by atoms with van der Waals surface area (Å²) >= 11 is 0. The number of hydrogen-bond donors (Lipinski definition) is 2. The van der Waals surface area contributed by atoms with Crippen LogP contribution in [0, 0.1) is 0 Å². The Morgan fingerprint density at radius 1 is 1.57 bits per heavy atom. The highest BCUT2D eigenvalue weighted by Crippen LogP contribution is 2.04. The van der Waals surface area contributed by atoms with Crippen LogP contribution in [0.1, 0.15) is 0 Å². The van der Waals surface area contributed by atoms with E-state index in [-0.39, 0.29) is 5.75 Å². The van der Waals surface area contributed by atoms with Crippen LogP contribution in [0.25, 0.3) is 0 Å². The molecule has 2 N–H and O–H groups in total. The van der Waals surface area contributed by atoms with Gasteiger partial charge in [-0.15, -0.1) is 0 Å². The standard InChI is InChI=1S/C4H5NO2/c6-4-1-2-5(7)3-4/h1-3,6-7H. The fraction of sp³-hybridized carbons (Fsp3) is 0. The number of nitrogens with zero attached hydrogens (tertiary/aromatic N) is 1. The van der Waals surface area contributed by atoms with E-state index in [4.69, 9.17) is 10.3 Å². The minimum absolute atomic E-state index is 0.0718. The molecule has 0 saturated carbocycles. The highest BCUT2D eigenvalue weighted by atomic mass is 16.5. The highest BCUT2D eigenvalue weighted by molar-refractivity contribution is 5.13. The third-order valence-electron chi connectivity index (χ3n) is 0.663. The fourth-order valence-electron chi connectivity index (χ4n) is 0.374. The number of rotatable bonds is 0. The van der Waals surface area contributed by atoms with Crippen LogP contribution in [0.3, 0.4) is 0 Å². The van der Waals surface area contributed by atoms with Gasteiger partial charge in [0.15, 0.2) is 0 Å². The van der Waals surface area contributed by atoms with E-state index in [0.29, 0.717) is 0 Å². The molecule has 1 aromatic heterocycles. The summed E-state index contributed by atoms with van der Waals surface area (Å²) in [6, 6.07) is 1.39. The molecule has 0 amide bonds. The Balaban J connectivity index is 3.04. The molecule has 0 aromatic carbocycles. The van der Waals surface area contributed by atoms with Crippen LogP contribution >= 0.6 is 0 Å². The Kier molecular flexibility index (Phi) is 0.685. The Bertz CT molecular complexity index is 142. The van der Waals surface area contributed by atoms with Crippen molar-refractivity contribution >= 4 is 0 Å². The molecule has 1 heterocycles. The van der Waals surface area contributed by atoms with Gasteiger partial charge in [-0.1, -0.05) is 0 Å². The number of aromatic nitrogens is 1. The molecule has 0 unspecified atom stereocenters. The van der Waals surface area contributed by atoms with Gasteiger partial charge < -0.3 is 10.3 Å². The molecule has 0 spiro atoms. The summed E-state index contributed by atoms with van der Waals surface area (Å²) in [5, 5.41) is 16.9. The second-order valence-electron chi connectivity index (χ2n) is 1.25. The van der Waals surface area contributed by atoms with Crippen molar-refractivity contribution in [2.24, 2.45) is 0 Å². The molecule has 0 bridgehead atoms. The van der Waals surface area contributed by atoms with Crippen LogP contribution in [0.4, 0.5) is 0 Å². The van der Waals surface area contributed by atoms with Crippen LogP contribution < -0.4 is 0 Å². The molecule has 0 aliphatic rings. The van der Waals surface area contributed by atoms with Crippen molar-refractivity contribution in [3.63, 3.8) is 0 Å². The lowest BCUT2D eigenvalue weighted by Gasteiger charge is -1.80. The lowest BCUT2D eigenvalue weighted by Crippen LogP contribution is -1.78. The van der Waals surface area contributed by atoms with Gasteiger partial charge in [0.25, 0.3) is 0 Å². The molecule has 0 radical (unpaired) electrons. The van der Waals surface area contributed by atoms with Crippen LogP contribution in [-0.2, 0) is 0 Å². The molecule has 7 heavy (non-hydrogen) atoms. The summed E-state index contributed by atoms with van der Waals surface area (Å²) in [6.07, 6.45) is 2.54. The maximum Gasteiger partial charge on any atom is 0.136 e. The molecule has 3 nitrogen and oxygen atoms in total. The Hall–Kier alpha value is -1.12. The van der Waals surface area contributed by atoms with Gasteiger partial charge in [-0.05, 0) is 0 Å². The third-order valence-corrected chi connectivity index (χ3v) is 0.663. The Morgan fingerprint density at radius 3 is 2.43 bits per heavy atom. The second kappa shape index (κ2) is 1.18. The quantitative estimate of drug-likeness (QED) is 0.463. The van der Waals surface area contributed by atoms with Gasteiger partial charge in [0.2, 0.25) is 0 Å². The molecule has 0 saturated heterocycles. The largest absolute Gasteiger partial charge is 0.506 e. The predicted molar refractivity (Wildman–Crippen MR) is 23.3 cm³/mol. The molecule has 0 atom stereocenters. The minimum Gasteiger partial charge on any atom is -0.506 e. The van der Waals surface area contributed by atoms with Gasteiger partial charge in [-0.2, -0.15) is 4.73 Å². The van der Waals surface area contributed by atoms with Crippen molar-refractivity contribution in [1.29, 1.82) is 0 Å². The Morgan fingerprint density at radius 2 is 2.29 bits per heavy atom. The molecule has 0 aliphatic carbocycles. The fourth-order valence-corrected chi connectivity index (χ4v) is 0.374. The number of aromatic hydroxyl groups is 1. The lowest BCUT2D eigenvalue weighted by atomic mass is 10.6. The molecule has 0 fully saturated rings. The summed E-state index contributed by atoms with van der Waals surface area (Å²) in [5.41, 5.74) is 0. The van der Waals surface area contributed by atoms with Crippen LogP contribution in [0.15, 0.2) is 18.5 Å². The van der Waals surface area contributed by atoms with E-state index in [1.165, 1.54) is 18.5 Å². The van der Waals surface area contributed by atoms with Crippen molar-refractivity contribution in [1.82, 2.24) is 4.73 Å². The van der Waals surface area contributed by atoms with E-state index in [1.807, 2.05) is 0 Å². The summed E-state index contributed by atoms with van der Waals surface area (Å²) in [6.45, 7) is 0. The SMILES string of the molecule is Oc1ccn(O)c1. The zero-order valence-corrected chi connectivity index (χ0v) is 3.57. The van der Waals surface area contributed by atoms with E-state index in [1.54, 1.807) is 0 Å². The first-order valence-electron chi connectivity index (χ1n) is 1.85. The van der Waals surface area contributed by atoms with Crippen molar-refractivity contribution in [3.05, 3.63) is 18.5 Å². The first-order chi connectivity index (χ1) is 3.29. The van der Waals surface area contributed by atoms with Gasteiger partial charge >= 0.3 is 0 Å². The van der Waals surface area contributed by atoms with E-state index in [9.17, 15) is 0 Å². The zero-order valence-electron chi connectivity index (χ0n) is 3.57. The van der Waals surface area contributed by atoms with Gasteiger partial charge in [-0.25, -0.2) is 0 Å². The highest BCUT2D eigenvalue weighted by Gasteiger charge is 1.85. The van der Waals surface area contributed by atoms with E-state index < -0.39 is 0 Å². The van der Waals surface area contributed by atoms with Gasteiger partial charge in [-0.3, -0.25) is 0 Å². The molecule has 1 rings (SSSR count). The van der Waals surface area contributed by atoms with E-state index in [0.717, 1.165) is 4.73 Å². The van der Waals surface area contributed by atoms with E-state index >= 15 is 0 Å². The monoisotopic (exact) mass is 99.0 g/mol. The van der Waals surface area contributed by atoms with Crippen LogP contribution in [0.5, 0.6) is 5.75 Å². The van der Waals surface area contributed by atoms with Gasteiger partial charge in [0.1, 0.15) is 5.75 Å². The predicted octanol–water partition coefficient (Wildman–Crippen LogP) is 0.431. The maximum absolute atomic E-state index is 8.47. The maximum atomic E-state index is 8.47. The van der Waals surface area contributed by atoms with Crippen molar-refractivity contribution < 1.29 is 10.3 Å². The summed E-state index contributed by atoms with van der Waals surface area (Å²) in [4.78, 5) is 0. The summed E-state index contributed by atoms with van der Waals surface area (Å²) in [5.74, 6) is 0.0718. The Labute approximate surface area is 40.4 Å². The van der Waals surface area contributed by atoms with Crippen LogP contribution in [-0.4, -0.2) is 15.0 Å². The zero-order chi connectivity index (χ0) is 5.28. The van der Waals surface area contributed by atoms with Crippen molar-refractivity contribution in [2.75, 3.05) is 0 Å². The van der Waals surface area contributed by atoms with Crippen LogP contribution in [0.2, 0.25) is 0 Å². The third kappa shape index (κ3) is 0.652. The topological polar surface area (TPSA) is 45.4 Å². The molecule has 0 aliphatic heterocycles. The van der Waals surface area contributed by atoms with Crippen molar-refractivity contribution in [3.8, 4) is 5.75 Å². The minimum atomic E-state index is 0.0718. The summed E-state index contributed by atoms with van der Waals surface area (Å²) in [7, 11) is 0. The molecular weight excluding hydrogens is 94.0 g/mol. The first-order valence-corrected chi connectivity index (χ1v) is 1.85. The lowest BCUT2D eigenvalue weighted by molar-refractivity contribution is 0.186.